The van der Waals surface area contributed by atoms with Gasteiger partial charge >= 0.3 is 0 Å². The molecule has 0 unspecified atom stereocenters. The Morgan fingerprint density at radius 2 is 2.00 bits per heavy atom. The molecular formula is C13H20ClNO. The van der Waals surface area contributed by atoms with Crippen LogP contribution in [0.4, 0.5) is 0 Å². The zero-order valence-corrected chi connectivity index (χ0v) is 11.0. The number of hydrogen-bond acceptors (Lipinski definition) is 2. The Kier molecular flexibility index (Phi) is 5.10. The van der Waals surface area contributed by atoms with E-state index in [0.29, 0.717) is 5.88 Å². The van der Waals surface area contributed by atoms with Crippen molar-refractivity contribution < 1.29 is 4.74 Å². The molecule has 0 aliphatic heterocycles. The average Bonchev–Trinajstić information content (AvgIpc) is 2.29. The minimum absolute atomic E-state index is 0.0403. The van der Waals surface area contributed by atoms with E-state index in [9.17, 15) is 0 Å². The van der Waals surface area contributed by atoms with Gasteiger partial charge in [0.15, 0.2) is 0 Å². The van der Waals surface area contributed by atoms with Gasteiger partial charge in [-0.25, -0.2) is 0 Å². The van der Waals surface area contributed by atoms with Crippen LogP contribution in [0.1, 0.15) is 19.4 Å². The van der Waals surface area contributed by atoms with Gasteiger partial charge in [-0.1, -0.05) is 32.0 Å². The summed E-state index contributed by atoms with van der Waals surface area (Å²) in [6, 6.07) is 8.14. The summed E-state index contributed by atoms with van der Waals surface area (Å²) < 4.78 is 5.38. The highest BCUT2D eigenvalue weighted by atomic mass is 35.5. The molecular weight excluding hydrogens is 222 g/mol. The third-order valence-corrected chi connectivity index (χ3v) is 2.86. The van der Waals surface area contributed by atoms with Crippen LogP contribution < -0.4 is 10.1 Å². The Morgan fingerprint density at radius 3 is 2.62 bits per heavy atom. The molecule has 0 saturated carbocycles. The molecule has 0 aliphatic carbocycles. The van der Waals surface area contributed by atoms with Gasteiger partial charge in [0.2, 0.25) is 0 Å². The second-order valence-corrected chi connectivity index (χ2v) is 4.83. The molecule has 0 bridgehead atoms. The summed E-state index contributed by atoms with van der Waals surface area (Å²) in [6.45, 7) is 6.12. The van der Waals surface area contributed by atoms with Gasteiger partial charge in [0.05, 0.1) is 7.11 Å². The molecule has 0 spiro atoms. The fraction of sp³-hybridized carbons (Fsp3) is 0.538. The number of alkyl halides is 1. The maximum atomic E-state index is 5.65. The summed E-state index contributed by atoms with van der Waals surface area (Å²) in [5, 5.41) is 3.34. The van der Waals surface area contributed by atoms with Crippen molar-refractivity contribution in [2.45, 2.75) is 19.3 Å². The van der Waals surface area contributed by atoms with E-state index in [2.05, 4.69) is 25.2 Å². The quantitative estimate of drug-likeness (QED) is 0.611. The summed E-state index contributed by atoms with van der Waals surface area (Å²) in [4.78, 5) is 0. The third-order valence-electron chi connectivity index (χ3n) is 2.67. The van der Waals surface area contributed by atoms with Crippen LogP contribution in [0.3, 0.4) is 0 Å². The van der Waals surface area contributed by atoms with Crippen molar-refractivity contribution in [3.63, 3.8) is 0 Å². The Balaban J connectivity index is 2.79. The summed E-state index contributed by atoms with van der Waals surface area (Å²) in [7, 11) is 1.71. The number of nitrogens with one attached hydrogen (secondary N) is 1. The molecule has 1 aromatic carbocycles. The van der Waals surface area contributed by atoms with Crippen LogP contribution in [0, 0.1) is 0 Å². The van der Waals surface area contributed by atoms with Gasteiger partial charge in [0.25, 0.3) is 0 Å². The maximum absolute atomic E-state index is 5.65. The van der Waals surface area contributed by atoms with Crippen molar-refractivity contribution in [1.29, 1.82) is 0 Å². The largest absolute Gasteiger partial charge is 0.496 e. The van der Waals surface area contributed by atoms with Gasteiger partial charge in [-0.2, -0.15) is 0 Å². The number of halogens is 1. The van der Waals surface area contributed by atoms with E-state index < -0.39 is 0 Å². The minimum Gasteiger partial charge on any atom is -0.496 e. The Bertz CT molecular complexity index is 325. The fourth-order valence-corrected chi connectivity index (χ4v) is 1.90. The van der Waals surface area contributed by atoms with Crippen molar-refractivity contribution in [3.05, 3.63) is 29.8 Å². The number of rotatable bonds is 6. The summed E-state index contributed by atoms with van der Waals surface area (Å²) in [5.41, 5.74) is 1.26. The van der Waals surface area contributed by atoms with E-state index in [1.807, 2.05) is 18.2 Å². The van der Waals surface area contributed by atoms with Crippen LogP contribution in [0.2, 0.25) is 0 Å². The lowest BCUT2D eigenvalue weighted by atomic mass is 9.84. The molecule has 0 amide bonds. The van der Waals surface area contributed by atoms with Gasteiger partial charge < -0.3 is 10.1 Å². The summed E-state index contributed by atoms with van der Waals surface area (Å²) >= 11 is 5.65. The number of hydrogen-bond donors (Lipinski definition) is 1. The molecule has 1 aromatic rings. The van der Waals surface area contributed by atoms with Crippen LogP contribution in [-0.2, 0) is 5.41 Å². The van der Waals surface area contributed by atoms with Crippen LogP contribution in [0.5, 0.6) is 5.75 Å². The van der Waals surface area contributed by atoms with Gasteiger partial charge in [0.1, 0.15) is 5.75 Å². The number of para-hydroxylation sites is 1. The molecule has 2 nitrogen and oxygen atoms in total. The Morgan fingerprint density at radius 1 is 1.31 bits per heavy atom. The standard InChI is InChI=1S/C13H20ClNO/c1-13(2,10-15-9-8-14)11-6-4-5-7-12(11)16-3/h4-7,15H,8-10H2,1-3H3. The second-order valence-electron chi connectivity index (χ2n) is 4.45. The molecule has 1 rings (SSSR count). The lowest BCUT2D eigenvalue weighted by Gasteiger charge is -2.27. The molecule has 16 heavy (non-hydrogen) atoms. The highest BCUT2D eigenvalue weighted by Crippen LogP contribution is 2.30. The van der Waals surface area contributed by atoms with E-state index in [-0.39, 0.29) is 5.41 Å². The third kappa shape index (κ3) is 3.39. The highest BCUT2D eigenvalue weighted by Gasteiger charge is 2.23. The highest BCUT2D eigenvalue weighted by molar-refractivity contribution is 6.18. The number of benzene rings is 1. The Hall–Kier alpha value is -0.730. The zero-order valence-electron chi connectivity index (χ0n) is 10.2. The fourth-order valence-electron chi connectivity index (χ4n) is 1.77. The molecule has 90 valence electrons. The Labute approximate surface area is 103 Å². The van der Waals surface area contributed by atoms with Crippen molar-refractivity contribution in [1.82, 2.24) is 5.32 Å². The molecule has 0 aliphatic rings. The van der Waals surface area contributed by atoms with E-state index in [4.69, 9.17) is 16.3 Å². The van der Waals surface area contributed by atoms with E-state index in [0.717, 1.165) is 18.8 Å². The first-order valence-electron chi connectivity index (χ1n) is 5.52. The van der Waals surface area contributed by atoms with Gasteiger partial charge in [-0.05, 0) is 6.07 Å². The smallest absolute Gasteiger partial charge is 0.122 e. The topological polar surface area (TPSA) is 21.3 Å². The number of methoxy groups -OCH3 is 1. The van der Waals surface area contributed by atoms with Gasteiger partial charge in [0, 0.05) is 29.9 Å². The maximum Gasteiger partial charge on any atom is 0.122 e. The van der Waals surface area contributed by atoms with Gasteiger partial charge in [-0.15, -0.1) is 11.6 Å². The zero-order chi connectivity index (χ0) is 12.0. The predicted octanol–water partition coefficient (Wildman–Crippen LogP) is 2.80. The first-order valence-corrected chi connectivity index (χ1v) is 6.05. The van der Waals surface area contributed by atoms with Crippen LogP contribution >= 0.6 is 11.6 Å². The SMILES string of the molecule is COc1ccccc1C(C)(C)CNCCCl. The molecule has 0 heterocycles. The van der Waals surface area contributed by atoms with Crippen LogP contribution in [0.15, 0.2) is 24.3 Å². The summed E-state index contributed by atoms with van der Waals surface area (Å²) in [6.07, 6.45) is 0. The van der Waals surface area contributed by atoms with Crippen molar-refractivity contribution in [2.24, 2.45) is 0 Å². The molecule has 0 atom stereocenters. The average molecular weight is 242 g/mol. The van der Waals surface area contributed by atoms with Gasteiger partial charge in [-0.3, -0.25) is 0 Å². The first-order chi connectivity index (χ1) is 7.61. The normalized spacial score (nSPS) is 11.5. The molecule has 0 saturated heterocycles. The lowest BCUT2D eigenvalue weighted by molar-refractivity contribution is 0.387. The van der Waals surface area contributed by atoms with E-state index in [1.165, 1.54) is 5.56 Å². The summed E-state index contributed by atoms with van der Waals surface area (Å²) in [5.74, 6) is 1.59. The molecule has 0 aromatic heterocycles. The van der Waals surface area contributed by atoms with Crippen molar-refractivity contribution in [3.8, 4) is 5.75 Å². The lowest BCUT2D eigenvalue weighted by Crippen LogP contribution is -2.34. The van der Waals surface area contributed by atoms with E-state index in [1.54, 1.807) is 7.11 Å². The molecule has 1 N–H and O–H groups in total. The molecule has 0 fully saturated rings. The van der Waals surface area contributed by atoms with Crippen molar-refractivity contribution >= 4 is 11.6 Å². The van der Waals surface area contributed by atoms with Crippen molar-refractivity contribution in [2.75, 3.05) is 26.1 Å². The van der Waals surface area contributed by atoms with E-state index >= 15 is 0 Å². The predicted molar refractivity (Wildman–Crippen MR) is 69.6 cm³/mol. The first kappa shape index (κ1) is 13.3. The number of ether oxygens (including phenoxy) is 1. The second kappa shape index (κ2) is 6.12. The monoisotopic (exact) mass is 241 g/mol. The molecule has 0 radical (unpaired) electrons. The van der Waals surface area contributed by atoms with Crippen LogP contribution in [-0.4, -0.2) is 26.1 Å². The minimum atomic E-state index is 0.0403. The molecule has 3 heteroatoms. The van der Waals surface area contributed by atoms with Crippen LogP contribution in [0.25, 0.3) is 0 Å².